The second-order valence-electron chi connectivity index (χ2n) is 8.30. The van der Waals surface area contributed by atoms with Crippen LogP contribution < -0.4 is 21.3 Å². The first kappa shape index (κ1) is 23.8. The van der Waals surface area contributed by atoms with Crippen LogP contribution >= 0.6 is 0 Å². The van der Waals surface area contributed by atoms with E-state index in [1.165, 1.54) is 24.0 Å². The van der Waals surface area contributed by atoms with E-state index in [-0.39, 0.29) is 0 Å². The van der Waals surface area contributed by atoms with Gasteiger partial charge in [0, 0.05) is 58.2 Å². The van der Waals surface area contributed by atoms with Crippen LogP contribution in [0, 0.1) is 6.92 Å². The molecule has 1 aromatic heterocycles. The van der Waals surface area contributed by atoms with Crippen molar-refractivity contribution in [3.63, 3.8) is 0 Å². The fraction of sp³-hybridized carbons (Fsp3) is 0.583. The summed E-state index contributed by atoms with van der Waals surface area (Å²) in [6.45, 7) is 13.2. The molecule has 2 heterocycles. The second-order valence-corrected chi connectivity index (χ2v) is 8.30. The van der Waals surface area contributed by atoms with Gasteiger partial charge in [0.25, 0.3) is 0 Å². The zero-order chi connectivity index (χ0) is 21.6. The molecular formula is C24H39N7. The van der Waals surface area contributed by atoms with Gasteiger partial charge in [0.15, 0.2) is 0 Å². The van der Waals surface area contributed by atoms with E-state index >= 15 is 0 Å². The van der Waals surface area contributed by atoms with Gasteiger partial charge in [0.2, 0.25) is 0 Å². The molecule has 170 valence electrons. The lowest BCUT2D eigenvalue weighted by molar-refractivity contribution is 0.260. The van der Waals surface area contributed by atoms with Gasteiger partial charge in [0.1, 0.15) is 0 Å². The minimum atomic E-state index is 0.736. The fourth-order valence-corrected chi connectivity index (χ4v) is 3.69. The number of nitrogens with zero attached hydrogens (tertiary/aromatic N) is 3. The van der Waals surface area contributed by atoms with E-state index in [2.05, 4.69) is 60.4 Å². The highest BCUT2D eigenvalue weighted by Gasteiger charge is 2.07. The Labute approximate surface area is 187 Å². The zero-order valence-electron chi connectivity index (χ0n) is 19.0. The number of hydrogen-bond donors (Lipinski definition) is 4. The van der Waals surface area contributed by atoms with Crippen LogP contribution in [0.15, 0.2) is 36.7 Å². The first-order valence-electron chi connectivity index (χ1n) is 11.7. The van der Waals surface area contributed by atoms with Crippen LogP contribution in [0.1, 0.15) is 35.4 Å². The van der Waals surface area contributed by atoms with E-state index in [1.54, 1.807) is 0 Å². The standard InChI is InChI=1S/C24H39N7/c1-21-16-30-24(19-29-21)18-28-17-22-4-6-23(7-5-22)20-31-14-3-10-26-12-11-25-8-2-9-27-13-15-31/h4-7,16,19,25-28H,2-3,8-15,17-18,20H2,1H3. The largest absolute Gasteiger partial charge is 0.315 e. The molecule has 1 aliphatic heterocycles. The predicted molar refractivity (Wildman–Crippen MR) is 127 cm³/mol. The Hall–Kier alpha value is -1.90. The van der Waals surface area contributed by atoms with Gasteiger partial charge in [-0.05, 0) is 57.1 Å². The summed E-state index contributed by atoms with van der Waals surface area (Å²) >= 11 is 0. The molecule has 1 aromatic carbocycles. The second kappa shape index (κ2) is 14.2. The van der Waals surface area contributed by atoms with Gasteiger partial charge in [0.05, 0.1) is 11.4 Å². The lowest BCUT2D eigenvalue weighted by atomic mass is 10.1. The average molecular weight is 426 g/mol. The molecule has 7 nitrogen and oxygen atoms in total. The molecule has 7 heteroatoms. The molecule has 0 saturated carbocycles. The van der Waals surface area contributed by atoms with E-state index in [1.807, 2.05) is 19.3 Å². The summed E-state index contributed by atoms with van der Waals surface area (Å²) in [7, 11) is 0. The van der Waals surface area contributed by atoms with E-state index in [4.69, 9.17) is 0 Å². The summed E-state index contributed by atoms with van der Waals surface area (Å²) in [5.41, 5.74) is 4.60. The van der Waals surface area contributed by atoms with Crippen molar-refractivity contribution in [2.45, 2.75) is 39.4 Å². The van der Waals surface area contributed by atoms with E-state index in [0.717, 1.165) is 83.4 Å². The Bertz CT molecular complexity index is 704. The summed E-state index contributed by atoms with van der Waals surface area (Å²) in [6, 6.07) is 9.01. The minimum Gasteiger partial charge on any atom is -0.315 e. The topological polar surface area (TPSA) is 77.1 Å². The van der Waals surface area contributed by atoms with Gasteiger partial charge in [-0.2, -0.15) is 0 Å². The highest BCUT2D eigenvalue weighted by Crippen LogP contribution is 2.08. The van der Waals surface area contributed by atoms with Crippen molar-refractivity contribution < 1.29 is 0 Å². The third-order valence-electron chi connectivity index (χ3n) is 5.52. The number of aromatic nitrogens is 2. The van der Waals surface area contributed by atoms with Crippen LogP contribution in [0.3, 0.4) is 0 Å². The lowest BCUT2D eigenvalue weighted by Gasteiger charge is -2.23. The summed E-state index contributed by atoms with van der Waals surface area (Å²) in [5.74, 6) is 0. The number of rotatable bonds is 6. The average Bonchev–Trinajstić information content (AvgIpc) is 2.79. The van der Waals surface area contributed by atoms with E-state index < -0.39 is 0 Å². The van der Waals surface area contributed by atoms with Gasteiger partial charge in [-0.15, -0.1) is 0 Å². The molecule has 4 N–H and O–H groups in total. The van der Waals surface area contributed by atoms with Crippen molar-refractivity contribution in [2.75, 3.05) is 52.4 Å². The van der Waals surface area contributed by atoms with Crippen molar-refractivity contribution in [2.24, 2.45) is 0 Å². The third kappa shape index (κ3) is 9.84. The summed E-state index contributed by atoms with van der Waals surface area (Å²) in [5, 5.41) is 14.1. The van der Waals surface area contributed by atoms with E-state index in [9.17, 15) is 0 Å². The molecule has 1 fully saturated rings. The van der Waals surface area contributed by atoms with Crippen molar-refractivity contribution >= 4 is 0 Å². The molecule has 0 bridgehead atoms. The lowest BCUT2D eigenvalue weighted by Crippen LogP contribution is -2.36. The maximum absolute atomic E-state index is 4.39. The Balaban J connectivity index is 1.42. The molecule has 1 aliphatic rings. The van der Waals surface area contributed by atoms with Crippen molar-refractivity contribution in [1.29, 1.82) is 0 Å². The maximum atomic E-state index is 4.39. The zero-order valence-corrected chi connectivity index (χ0v) is 19.0. The van der Waals surface area contributed by atoms with Crippen molar-refractivity contribution in [3.05, 3.63) is 59.2 Å². The van der Waals surface area contributed by atoms with Crippen LogP contribution in [0.2, 0.25) is 0 Å². The molecule has 1 saturated heterocycles. The van der Waals surface area contributed by atoms with E-state index in [0.29, 0.717) is 0 Å². The van der Waals surface area contributed by atoms with Crippen molar-refractivity contribution in [3.8, 4) is 0 Å². The minimum absolute atomic E-state index is 0.736. The Morgan fingerprint density at radius 2 is 1.48 bits per heavy atom. The molecule has 0 spiro atoms. The van der Waals surface area contributed by atoms with Crippen LogP contribution in [0.5, 0.6) is 0 Å². The number of nitrogens with one attached hydrogen (secondary N) is 4. The quantitative estimate of drug-likeness (QED) is 0.558. The molecular weight excluding hydrogens is 386 g/mol. The van der Waals surface area contributed by atoms with Crippen LogP contribution in [0.4, 0.5) is 0 Å². The van der Waals surface area contributed by atoms with Gasteiger partial charge in [-0.3, -0.25) is 14.9 Å². The van der Waals surface area contributed by atoms with Gasteiger partial charge >= 0.3 is 0 Å². The molecule has 31 heavy (non-hydrogen) atoms. The highest BCUT2D eigenvalue weighted by atomic mass is 15.1. The maximum Gasteiger partial charge on any atom is 0.0724 e. The summed E-state index contributed by atoms with van der Waals surface area (Å²) in [4.78, 5) is 11.3. The molecule has 0 radical (unpaired) electrons. The molecule has 0 aliphatic carbocycles. The van der Waals surface area contributed by atoms with Gasteiger partial charge < -0.3 is 21.3 Å². The molecule has 3 rings (SSSR count). The predicted octanol–water partition coefficient (Wildman–Crippen LogP) is 1.44. The monoisotopic (exact) mass is 425 g/mol. The number of aryl methyl sites for hydroxylation is 1. The van der Waals surface area contributed by atoms with Gasteiger partial charge in [-0.1, -0.05) is 24.3 Å². The summed E-state index contributed by atoms with van der Waals surface area (Å²) < 4.78 is 0. The number of benzene rings is 1. The smallest absolute Gasteiger partial charge is 0.0724 e. The first-order chi connectivity index (χ1) is 15.3. The first-order valence-corrected chi connectivity index (χ1v) is 11.7. The fourth-order valence-electron chi connectivity index (χ4n) is 3.69. The van der Waals surface area contributed by atoms with Crippen LogP contribution in [-0.4, -0.2) is 67.2 Å². The SMILES string of the molecule is Cc1cnc(CNCc2ccc(CN3CCCNCCNCCCNCC3)cc2)cn1. The molecule has 0 unspecified atom stereocenters. The Kier molecular flexibility index (Phi) is 10.9. The Morgan fingerprint density at radius 3 is 2.23 bits per heavy atom. The normalized spacial score (nSPS) is 17.8. The van der Waals surface area contributed by atoms with Crippen LogP contribution in [0.25, 0.3) is 0 Å². The molecule has 2 aromatic rings. The molecule has 0 atom stereocenters. The van der Waals surface area contributed by atoms with Crippen LogP contribution in [-0.2, 0) is 19.6 Å². The molecule has 0 amide bonds. The van der Waals surface area contributed by atoms with Crippen molar-refractivity contribution in [1.82, 2.24) is 36.1 Å². The highest BCUT2D eigenvalue weighted by molar-refractivity contribution is 5.22. The third-order valence-corrected chi connectivity index (χ3v) is 5.52. The Morgan fingerprint density at radius 1 is 0.774 bits per heavy atom. The van der Waals surface area contributed by atoms with Gasteiger partial charge in [-0.25, -0.2) is 0 Å². The summed E-state index contributed by atoms with van der Waals surface area (Å²) in [6.07, 6.45) is 6.03. The number of hydrogen-bond acceptors (Lipinski definition) is 7.